The molecule has 1 aromatic carbocycles. The van der Waals surface area contributed by atoms with Gasteiger partial charge in [0.25, 0.3) is 11.8 Å². The molecule has 1 heterocycles. The highest BCUT2D eigenvalue weighted by molar-refractivity contribution is 6.22. The second kappa shape index (κ2) is 7.91. The molecule has 120 valence electrons. The molecule has 0 saturated carbocycles. The van der Waals surface area contributed by atoms with Gasteiger partial charge in [-0.2, -0.15) is 0 Å². The molecule has 2 rings (SSSR count). The van der Waals surface area contributed by atoms with Crippen LogP contribution in [0.4, 0.5) is 0 Å². The van der Waals surface area contributed by atoms with E-state index in [0.29, 0.717) is 17.7 Å². The average molecular weight is 326 g/mol. The molecule has 6 nitrogen and oxygen atoms in total. The second-order valence-electron chi connectivity index (χ2n) is 5.05. The van der Waals surface area contributed by atoms with Gasteiger partial charge in [0.2, 0.25) is 5.91 Å². The molecule has 1 aromatic rings. The van der Waals surface area contributed by atoms with Crippen LogP contribution in [0.3, 0.4) is 0 Å². The van der Waals surface area contributed by atoms with Crippen LogP contribution >= 0.6 is 12.4 Å². The predicted molar refractivity (Wildman–Crippen MR) is 85.3 cm³/mol. The molecule has 1 aliphatic rings. The lowest BCUT2D eigenvalue weighted by Gasteiger charge is -2.13. The monoisotopic (exact) mass is 325 g/mol. The number of benzene rings is 1. The third kappa shape index (κ3) is 3.84. The fraction of sp³-hybridized carbons (Fsp3) is 0.400. The van der Waals surface area contributed by atoms with Gasteiger partial charge < -0.3 is 10.6 Å². The quantitative estimate of drug-likeness (QED) is 0.597. The fourth-order valence-corrected chi connectivity index (χ4v) is 2.24. The van der Waals surface area contributed by atoms with Gasteiger partial charge in [-0.15, -0.1) is 12.4 Å². The molecule has 22 heavy (non-hydrogen) atoms. The van der Waals surface area contributed by atoms with Crippen LogP contribution in [-0.2, 0) is 4.79 Å². The second-order valence-corrected chi connectivity index (χ2v) is 5.05. The van der Waals surface area contributed by atoms with E-state index in [0.717, 1.165) is 23.4 Å². The van der Waals surface area contributed by atoms with E-state index in [-0.39, 0.29) is 24.9 Å². The van der Waals surface area contributed by atoms with Gasteiger partial charge in [-0.25, -0.2) is 0 Å². The number of halogens is 1. The molecular weight excluding hydrogens is 306 g/mol. The van der Waals surface area contributed by atoms with Gasteiger partial charge in [-0.05, 0) is 39.1 Å². The zero-order valence-corrected chi connectivity index (χ0v) is 13.5. The lowest BCUT2D eigenvalue weighted by atomic mass is 10.1. The molecule has 0 bridgehead atoms. The highest BCUT2D eigenvalue weighted by atomic mass is 35.5. The van der Waals surface area contributed by atoms with E-state index in [2.05, 4.69) is 10.6 Å². The van der Waals surface area contributed by atoms with E-state index >= 15 is 0 Å². The van der Waals surface area contributed by atoms with E-state index in [1.807, 2.05) is 14.0 Å². The smallest absolute Gasteiger partial charge is 0.262 e. The summed E-state index contributed by atoms with van der Waals surface area (Å²) in [5.41, 5.74) is 1.66. The number of nitrogens with zero attached hydrogens (tertiary/aromatic N) is 1. The van der Waals surface area contributed by atoms with E-state index < -0.39 is 11.8 Å². The van der Waals surface area contributed by atoms with Gasteiger partial charge in [-0.1, -0.05) is 11.6 Å². The van der Waals surface area contributed by atoms with E-state index in [9.17, 15) is 14.4 Å². The number of carbonyl (C=O) groups is 3. The van der Waals surface area contributed by atoms with Crippen molar-refractivity contribution in [1.29, 1.82) is 0 Å². The number of carbonyl (C=O) groups excluding carboxylic acids is 3. The van der Waals surface area contributed by atoms with Gasteiger partial charge >= 0.3 is 0 Å². The standard InChI is InChI=1S/C15H19N3O3.ClH/c1-10-4-5-11-12(8-10)15(21)18(14(11)20)9-13(19)17-7-3-6-16-2;/h4-5,8,16H,3,6-7,9H2,1-2H3,(H,17,19);1H. The number of imide groups is 1. The van der Waals surface area contributed by atoms with Crippen molar-refractivity contribution in [1.82, 2.24) is 15.5 Å². The Labute approximate surface area is 135 Å². The molecule has 0 radical (unpaired) electrons. The molecule has 0 atom stereocenters. The topological polar surface area (TPSA) is 78.5 Å². The lowest BCUT2D eigenvalue weighted by molar-refractivity contribution is -0.121. The third-order valence-corrected chi connectivity index (χ3v) is 3.35. The van der Waals surface area contributed by atoms with Crippen LogP contribution in [0.15, 0.2) is 18.2 Å². The Hall–Kier alpha value is -1.92. The lowest BCUT2D eigenvalue weighted by Crippen LogP contribution is -2.40. The van der Waals surface area contributed by atoms with Crippen molar-refractivity contribution in [2.75, 3.05) is 26.7 Å². The molecular formula is C15H20ClN3O3. The Morgan fingerprint density at radius 3 is 2.50 bits per heavy atom. The largest absolute Gasteiger partial charge is 0.354 e. The first-order valence-electron chi connectivity index (χ1n) is 6.92. The zero-order valence-electron chi connectivity index (χ0n) is 12.6. The molecule has 7 heteroatoms. The summed E-state index contributed by atoms with van der Waals surface area (Å²) in [6.07, 6.45) is 0.795. The first-order valence-corrected chi connectivity index (χ1v) is 6.92. The molecule has 0 fully saturated rings. The predicted octanol–water partition coefficient (Wildman–Crippen LogP) is 0.739. The molecule has 2 N–H and O–H groups in total. The molecule has 1 aliphatic heterocycles. The van der Waals surface area contributed by atoms with Crippen molar-refractivity contribution in [2.24, 2.45) is 0 Å². The zero-order chi connectivity index (χ0) is 15.4. The fourth-order valence-electron chi connectivity index (χ4n) is 2.24. The normalized spacial score (nSPS) is 12.9. The maximum Gasteiger partial charge on any atom is 0.262 e. The first-order chi connectivity index (χ1) is 10.0. The van der Waals surface area contributed by atoms with Crippen LogP contribution < -0.4 is 10.6 Å². The summed E-state index contributed by atoms with van der Waals surface area (Å²) in [4.78, 5) is 37.1. The molecule has 3 amide bonds. The minimum Gasteiger partial charge on any atom is -0.354 e. The number of hydrogen-bond donors (Lipinski definition) is 2. The third-order valence-electron chi connectivity index (χ3n) is 3.35. The minimum atomic E-state index is -0.402. The summed E-state index contributed by atoms with van der Waals surface area (Å²) in [5.74, 6) is -1.12. The Kier molecular flexibility index (Phi) is 6.52. The van der Waals surface area contributed by atoms with Crippen LogP contribution in [0.5, 0.6) is 0 Å². The van der Waals surface area contributed by atoms with Crippen molar-refractivity contribution in [3.05, 3.63) is 34.9 Å². The Morgan fingerprint density at radius 1 is 1.14 bits per heavy atom. The van der Waals surface area contributed by atoms with Crippen molar-refractivity contribution in [2.45, 2.75) is 13.3 Å². The van der Waals surface area contributed by atoms with Gasteiger partial charge in [0.05, 0.1) is 11.1 Å². The van der Waals surface area contributed by atoms with Gasteiger partial charge in [-0.3, -0.25) is 19.3 Å². The van der Waals surface area contributed by atoms with Gasteiger partial charge in [0.1, 0.15) is 6.54 Å². The number of fused-ring (bicyclic) bond motifs is 1. The van der Waals surface area contributed by atoms with Crippen molar-refractivity contribution < 1.29 is 14.4 Å². The Morgan fingerprint density at radius 2 is 1.82 bits per heavy atom. The molecule has 0 aromatic heterocycles. The number of hydrogen-bond acceptors (Lipinski definition) is 4. The van der Waals surface area contributed by atoms with Crippen molar-refractivity contribution in [3.8, 4) is 0 Å². The number of rotatable bonds is 6. The van der Waals surface area contributed by atoms with Crippen LogP contribution in [0.2, 0.25) is 0 Å². The average Bonchev–Trinajstić information content (AvgIpc) is 2.68. The summed E-state index contributed by atoms with van der Waals surface area (Å²) in [5, 5.41) is 5.67. The van der Waals surface area contributed by atoms with Crippen molar-refractivity contribution >= 4 is 30.1 Å². The van der Waals surface area contributed by atoms with Gasteiger partial charge in [0, 0.05) is 6.54 Å². The maximum absolute atomic E-state index is 12.2. The molecule has 0 unspecified atom stereocenters. The summed E-state index contributed by atoms with van der Waals surface area (Å²) in [6.45, 7) is 2.94. The summed E-state index contributed by atoms with van der Waals surface area (Å²) in [6, 6.07) is 5.10. The molecule has 0 aliphatic carbocycles. The number of aryl methyl sites for hydroxylation is 1. The van der Waals surface area contributed by atoms with E-state index in [1.54, 1.807) is 18.2 Å². The summed E-state index contributed by atoms with van der Waals surface area (Å²) < 4.78 is 0. The highest BCUT2D eigenvalue weighted by Crippen LogP contribution is 2.23. The van der Waals surface area contributed by atoms with Crippen LogP contribution in [0.25, 0.3) is 0 Å². The van der Waals surface area contributed by atoms with E-state index in [4.69, 9.17) is 0 Å². The number of nitrogens with one attached hydrogen (secondary N) is 2. The maximum atomic E-state index is 12.2. The Balaban J connectivity index is 0.00000242. The van der Waals surface area contributed by atoms with Crippen LogP contribution in [0.1, 0.15) is 32.7 Å². The van der Waals surface area contributed by atoms with Crippen molar-refractivity contribution in [3.63, 3.8) is 0 Å². The molecule has 0 spiro atoms. The van der Waals surface area contributed by atoms with Crippen LogP contribution in [-0.4, -0.2) is 49.3 Å². The van der Waals surface area contributed by atoms with E-state index in [1.165, 1.54) is 0 Å². The summed E-state index contributed by atoms with van der Waals surface area (Å²) >= 11 is 0. The van der Waals surface area contributed by atoms with Gasteiger partial charge in [0.15, 0.2) is 0 Å². The summed E-state index contributed by atoms with van der Waals surface area (Å²) in [7, 11) is 1.84. The first kappa shape index (κ1) is 18.1. The minimum absolute atomic E-state index is 0. The van der Waals surface area contributed by atoms with Crippen LogP contribution in [0, 0.1) is 6.92 Å². The highest BCUT2D eigenvalue weighted by Gasteiger charge is 2.36. The molecule has 0 saturated heterocycles. The SMILES string of the molecule is CNCCCNC(=O)CN1C(=O)c2ccc(C)cc2C1=O.Cl. The number of amides is 3. The Bertz CT molecular complexity index is 589.